The Morgan fingerprint density at radius 2 is 2.03 bits per heavy atom. The Bertz CT molecular complexity index is 1300. The summed E-state index contributed by atoms with van der Waals surface area (Å²) in [6.45, 7) is 3.75. The number of nitrogens with one attached hydrogen (secondary N) is 1. The lowest BCUT2D eigenvalue weighted by Crippen LogP contribution is -2.42. The Hall–Kier alpha value is -3.04. The lowest BCUT2D eigenvalue weighted by atomic mass is 10.0. The van der Waals surface area contributed by atoms with Gasteiger partial charge in [-0.2, -0.15) is 4.37 Å². The highest BCUT2D eigenvalue weighted by Crippen LogP contribution is 2.33. The van der Waals surface area contributed by atoms with Crippen LogP contribution in [0.5, 0.6) is 0 Å². The number of hydrogen-bond donors (Lipinski definition) is 1. The molecule has 32 heavy (non-hydrogen) atoms. The number of rotatable bonds is 4. The average Bonchev–Trinajstić information content (AvgIpc) is 3.39. The molecule has 9 heteroatoms. The first-order chi connectivity index (χ1) is 15.4. The van der Waals surface area contributed by atoms with Gasteiger partial charge < -0.3 is 19.5 Å². The zero-order valence-corrected chi connectivity index (χ0v) is 19.1. The molecule has 1 aliphatic rings. The number of aryl methyl sites for hydroxylation is 1. The topological polar surface area (TPSA) is 65.8 Å². The lowest BCUT2D eigenvalue weighted by molar-refractivity contribution is 0.102. The highest BCUT2D eigenvalue weighted by Gasteiger charge is 2.24. The summed E-state index contributed by atoms with van der Waals surface area (Å²) in [5, 5.41) is 5.80. The molecule has 1 amide bonds. The van der Waals surface area contributed by atoms with Crippen LogP contribution in [0.1, 0.15) is 28.9 Å². The van der Waals surface area contributed by atoms with Gasteiger partial charge in [0.15, 0.2) is 11.5 Å². The molecular weight excluding hydrogens is 427 g/mol. The summed E-state index contributed by atoms with van der Waals surface area (Å²) in [4.78, 5) is 21.9. The van der Waals surface area contributed by atoms with Crippen molar-refractivity contribution in [2.45, 2.75) is 25.8 Å². The first kappa shape index (κ1) is 20.8. The molecule has 0 spiro atoms. The summed E-state index contributed by atoms with van der Waals surface area (Å²) in [6.07, 6.45) is 5.60. The van der Waals surface area contributed by atoms with E-state index >= 15 is 0 Å². The molecule has 0 atom stereocenters. The number of carbonyl (C=O) groups is 1. The maximum absolute atomic E-state index is 14.4. The fourth-order valence-electron chi connectivity index (χ4n) is 4.47. The molecule has 1 saturated heterocycles. The minimum atomic E-state index is -0.480. The van der Waals surface area contributed by atoms with Gasteiger partial charge in [0.05, 0.1) is 22.5 Å². The molecule has 0 aliphatic carbocycles. The summed E-state index contributed by atoms with van der Waals surface area (Å²) in [7, 11) is 4.26. The Morgan fingerprint density at radius 3 is 2.78 bits per heavy atom. The van der Waals surface area contributed by atoms with Gasteiger partial charge in [-0.25, -0.2) is 9.37 Å². The van der Waals surface area contributed by atoms with Gasteiger partial charge in [-0.15, -0.1) is 0 Å². The molecule has 0 saturated carbocycles. The molecular formula is C23H25FN6OS. The second-order valence-electron chi connectivity index (χ2n) is 8.53. The molecule has 0 unspecified atom stereocenters. The first-order valence-electron chi connectivity index (χ1n) is 10.7. The summed E-state index contributed by atoms with van der Waals surface area (Å²) >= 11 is 1.34. The maximum Gasteiger partial charge on any atom is 0.257 e. The number of anilines is 2. The van der Waals surface area contributed by atoms with Crippen LogP contribution in [-0.4, -0.2) is 57.8 Å². The van der Waals surface area contributed by atoms with Gasteiger partial charge in [0.2, 0.25) is 0 Å². The monoisotopic (exact) mass is 452 g/mol. The summed E-state index contributed by atoms with van der Waals surface area (Å²) in [6, 6.07) is 5.72. The third kappa shape index (κ3) is 3.71. The van der Waals surface area contributed by atoms with E-state index in [1.54, 1.807) is 23.7 Å². The van der Waals surface area contributed by atoms with Crippen molar-refractivity contribution in [2.75, 3.05) is 37.4 Å². The predicted octanol–water partition coefficient (Wildman–Crippen LogP) is 4.17. The summed E-state index contributed by atoms with van der Waals surface area (Å²) in [5.41, 5.74) is 3.60. The zero-order valence-electron chi connectivity index (χ0n) is 18.3. The lowest BCUT2D eigenvalue weighted by Gasteiger charge is -2.36. The number of hydrogen-bond acceptors (Lipinski definition) is 6. The Morgan fingerprint density at radius 1 is 1.25 bits per heavy atom. The van der Waals surface area contributed by atoms with E-state index in [-0.39, 0.29) is 11.6 Å². The number of amides is 1. The second-order valence-corrected chi connectivity index (χ2v) is 9.16. The van der Waals surface area contributed by atoms with Crippen LogP contribution in [0.2, 0.25) is 0 Å². The van der Waals surface area contributed by atoms with E-state index in [9.17, 15) is 9.18 Å². The SMILES string of the molecule is Cc1cn2cc(NC(=O)c3ccc(N4CCC(N(C)C)CC4)c4csnc34)cc(F)c2n1. The van der Waals surface area contributed by atoms with Crippen molar-refractivity contribution in [1.29, 1.82) is 0 Å². The number of nitrogens with zero attached hydrogens (tertiary/aromatic N) is 5. The number of fused-ring (bicyclic) bond motifs is 2. The van der Waals surface area contributed by atoms with Crippen LogP contribution in [0.4, 0.5) is 15.8 Å². The van der Waals surface area contributed by atoms with Crippen molar-refractivity contribution in [3.05, 3.63) is 53.0 Å². The van der Waals surface area contributed by atoms with Crippen LogP contribution in [0.25, 0.3) is 16.6 Å². The van der Waals surface area contributed by atoms with Crippen LogP contribution in [-0.2, 0) is 0 Å². The molecule has 1 aromatic carbocycles. The van der Waals surface area contributed by atoms with E-state index in [1.165, 1.54) is 17.6 Å². The highest BCUT2D eigenvalue weighted by molar-refractivity contribution is 7.05. The fourth-order valence-corrected chi connectivity index (χ4v) is 5.16. The molecule has 0 bridgehead atoms. The van der Waals surface area contributed by atoms with Crippen LogP contribution in [0.15, 0.2) is 36.0 Å². The molecule has 3 aromatic heterocycles. The summed E-state index contributed by atoms with van der Waals surface area (Å²) < 4.78 is 20.5. The van der Waals surface area contributed by atoms with Gasteiger partial charge in [-0.3, -0.25) is 4.79 Å². The molecule has 0 radical (unpaired) electrons. The van der Waals surface area contributed by atoms with Crippen molar-refractivity contribution < 1.29 is 9.18 Å². The van der Waals surface area contributed by atoms with Gasteiger partial charge >= 0.3 is 0 Å². The number of imidazole rings is 1. The van der Waals surface area contributed by atoms with E-state index in [0.29, 0.717) is 28.5 Å². The van der Waals surface area contributed by atoms with E-state index in [2.05, 4.69) is 38.6 Å². The van der Waals surface area contributed by atoms with Crippen molar-refractivity contribution in [3.63, 3.8) is 0 Å². The third-order valence-corrected chi connectivity index (χ3v) is 6.80. The van der Waals surface area contributed by atoms with Crippen molar-refractivity contribution >= 4 is 45.4 Å². The largest absolute Gasteiger partial charge is 0.371 e. The number of piperidine rings is 1. The van der Waals surface area contributed by atoms with E-state index in [1.807, 2.05) is 17.5 Å². The molecule has 4 heterocycles. The van der Waals surface area contributed by atoms with E-state index < -0.39 is 5.82 Å². The van der Waals surface area contributed by atoms with E-state index in [4.69, 9.17) is 0 Å². The molecule has 1 aliphatic heterocycles. The van der Waals surface area contributed by atoms with Crippen LogP contribution < -0.4 is 10.2 Å². The second kappa shape index (κ2) is 8.14. The van der Waals surface area contributed by atoms with Gasteiger partial charge in [0.25, 0.3) is 5.91 Å². The van der Waals surface area contributed by atoms with Crippen molar-refractivity contribution in [1.82, 2.24) is 18.7 Å². The molecule has 5 rings (SSSR count). The predicted molar refractivity (Wildman–Crippen MR) is 126 cm³/mol. The average molecular weight is 453 g/mol. The maximum atomic E-state index is 14.4. The van der Waals surface area contributed by atoms with Crippen molar-refractivity contribution in [2.24, 2.45) is 0 Å². The Kier molecular flexibility index (Phi) is 5.30. The van der Waals surface area contributed by atoms with Crippen LogP contribution in [0, 0.1) is 12.7 Å². The normalized spacial score (nSPS) is 15.2. The molecule has 4 aromatic rings. The van der Waals surface area contributed by atoms with Crippen LogP contribution >= 0.6 is 11.5 Å². The number of halogens is 1. The molecule has 1 fully saturated rings. The molecule has 1 N–H and O–H groups in total. The Labute approximate surface area is 189 Å². The third-order valence-electron chi connectivity index (χ3n) is 6.17. The quantitative estimate of drug-likeness (QED) is 0.503. The van der Waals surface area contributed by atoms with Crippen molar-refractivity contribution in [3.8, 4) is 0 Å². The minimum absolute atomic E-state index is 0.241. The number of pyridine rings is 1. The van der Waals surface area contributed by atoms with Gasteiger partial charge in [-0.1, -0.05) is 0 Å². The van der Waals surface area contributed by atoms with Gasteiger partial charge in [0, 0.05) is 54.0 Å². The van der Waals surface area contributed by atoms with Gasteiger partial charge in [-0.05, 0) is 57.5 Å². The number of carbonyl (C=O) groups excluding carboxylic acids is 1. The Balaban J connectivity index is 1.41. The van der Waals surface area contributed by atoms with Crippen LogP contribution in [0.3, 0.4) is 0 Å². The smallest absolute Gasteiger partial charge is 0.257 e. The summed E-state index contributed by atoms with van der Waals surface area (Å²) in [5.74, 6) is -0.791. The first-order valence-corrected chi connectivity index (χ1v) is 11.5. The standard InChI is InChI=1S/C23H25FN6OS/c1-14-11-30-12-15(10-19(24)22(30)25-14)26-23(31)17-4-5-20(18-13-32-27-21(17)18)29-8-6-16(7-9-29)28(2)3/h4-5,10-13,16H,6-9H2,1-3H3,(H,26,31). The fraction of sp³-hybridized carbons (Fsp3) is 0.348. The van der Waals surface area contributed by atoms with Gasteiger partial charge in [0.1, 0.15) is 0 Å². The highest BCUT2D eigenvalue weighted by atomic mass is 32.1. The molecule has 166 valence electrons. The number of benzene rings is 1. The van der Waals surface area contributed by atoms with E-state index in [0.717, 1.165) is 37.0 Å². The number of aromatic nitrogens is 3. The zero-order chi connectivity index (χ0) is 22.4. The minimum Gasteiger partial charge on any atom is -0.371 e. The molecule has 7 nitrogen and oxygen atoms in total.